The summed E-state index contributed by atoms with van der Waals surface area (Å²) in [6, 6.07) is 27.3. The van der Waals surface area contributed by atoms with Crippen molar-refractivity contribution in [3.8, 4) is 0 Å². The number of amides is 6. The molecule has 0 aliphatic carbocycles. The van der Waals surface area contributed by atoms with Crippen molar-refractivity contribution < 1.29 is 116 Å². The number of nitrogens with zero attached hydrogens (tertiary/aromatic N) is 22. The molecule has 148 heavy (non-hydrogen) atoms. The molecule has 3 aromatic carbocycles. The molecule has 7 saturated heterocycles. The molecule has 0 unspecified atom stereocenters. The van der Waals surface area contributed by atoms with Crippen LogP contribution in [0.25, 0.3) is 52.2 Å². The van der Waals surface area contributed by atoms with E-state index in [1.165, 1.54) is 39.0 Å². The van der Waals surface area contributed by atoms with Crippen LogP contribution in [0.4, 0.5) is 28.8 Å². The van der Waals surface area contributed by atoms with Gasteiger partial charge < -0.3 is 103 Å². The summed E-state index contributed by atoms with van der Waals surface area (Å²) in [5, 5.41) is 56.4. The van der Waals surface area contributed by atoms with E-state index in [2.05, 4.69) is 81.0 Å². The lowest BCUT2D eigenvalue weighted by Crippen LogP contribution is -2.50. The molecule has 7 aliphatic rings. The Bertz CT molecular complexity index is 4590. The molecule has 6 N–H and O–H groups in total. The number of benzene rings is 3. The Labute approximate surface area is 868 Å². The summed E-state index contributed by atoms with van der Waals surface area (Å²) in [6.45, 7) is 49.1. The van der Waals surface area contributed by atoms with Crippen molar-refractivity contribution in [1.29, 1.82) is 0 Å². The summed E-state index contributed by atoms with van der Waals surface area (Å²) in [6.07, 6.45) is -3.16. The summed E-state index contributed by atoms with van der Waals surface area (Å²) in [5.74, 6) is -1.76. The molecule has 0 bridgehead atoms. The number of hydrogen-bond donors (Lipinski definition) is 5. The summed E-state index contributed by atoms with van der Waals surface area (Å²) in [4.78, 5) is 147. The highest BCUT2D eigenvalue weighted by atomic mass is 16.6. The lowest BCUT2D eigenvalue weighted by molar-refractivity contribution is -0.175. The van der Waals surface area contributed by atoms with Crippen molar-refractivity contribution in [2.75, 3.05) is 138 Å². The van der Waals surface area contributed by atoms with Gasteiger partial charge >= 0.3 is 60.4 Å². The van der Waals surface area contributed by atoms with E-state index < -0.39 is 118 Å². The first-order valence-electron chi connectivity index (χ1n) is 50.2. The van der Waals surface area contributed by atoms with Crippen LogP contribution >= 0.6 is 0 Å². The number of piperidine rings is 7. The van der Waals surface area contributed by atoms with Crippen molar-refractivity contribution in [1.82, 2.24) is 34.3 Å². The highest BCUT2D eigenvalue weighted by Crippen LogP contribution is 2.34. The number of nitrogens with two attached hydrogens (primary N) is 1. The van der Waals surface area contributed by atoms with E-state index in [4.69, 9.17) is 85.9 Å². The van der Waals surface area contributed by atoms with Crippen LogP contribution in [-0.2, 0) is 73.1 Å². The molecule has 16 atom stereocenters. The largest absolute Gasteiger partial charge is 0.457 e. The third kappa shape index (κ3) is 50.0. The van der Waals surface area contributed by atoms with Gasteiger partial charge in [-0.3, -0.25) is 14.5 Å². The zero-order chi connectivity index (χ0) is 111. The lowest BCUT2D eigenvalue weighted by Gasteiger charge is -2.38. The molecule has 824 valence electrons. The number of hydrogen-bond acceptors (Lipinski definition) is 31. The van der Waals surface area contributed by atoms with Gasteiger partial charge in [0.2, 0.25) is 12.2 Å². The Kier molecular flexibility index (Phi) is 54.1. The fraction of sp³-hybridized carbons (Fsp3) is 0.723. The second-order valence-corrected chi connectivity index (χ2v) is 43.5. The number of ether oxygens (including phenoxy) is 10. The average Bonchev–Trinajstić information content (AvgIpc) is 0.792. The minimum atomic E-state index is -1.24. The Morgan fingerprint density at radius 2 is 0.601 bits per heavy atom. The van der Waals surface area contributed by atoms with Gasteiger partial charge in [-0.25, -0.2) is 38.4 Å². The fourth-order valence-corrected chi connectivity index (χ4v) is 16.4. The first-order valence-corrected chi connectivity index (χ1v) is 50.2. The van der Waals surface area contributed by atoms with Gasteiger partial charge in [0.1, 0.15) is 45.8 Å². The normalized spacial score (nSPS) is 22.9. The molecule has 3 aromatic rings. The average molecular weight is 2080 g/mol. The third-order valence-electron chi connectivity index (χ3n) is 24.1. The lowest BCUT2D eigenvalue weighted by atomic mass is 9.87. The molecule has 7 aliphatic heterocycles. The predicted molar refractivity (Wildman–Crippen MR) is 550 cm³/mol. The van der Waals surface area contributed by atoms with Crippen LogP contribution in [0.15, 0.2) is 117 Å². The maximum atomic E-state index is 12.9. The van der Waals surface area contributed by atoms with Gasteiger partial charge in [-0.05, 0) is 251 Å². The van der Waals surface area contributed by atoms with E-state index in [0.29, 0.717) is 119 Å². The Morgan fingerprint density at radius 3 is 0.865 bits per heavy atom. The van der Waals surface area contributed by atoms with Crippen LogP contribution in [0.3, 0.4) is 0 Å². The molecule has 0 aromatic heterocycles. The molecular formula is C101H161N23O24. The highest BCUT2D eigenvalue weighted by Gasteiger charge is 2.43. The number of β-amino-alcohol motifs (C(OH)–C–C–N with tert-alkyl or cyclic N) is 3. The van der Waals surface area contributed by atoms with Crippen molar-refractivity contribution in [3.05, 3.63) is 160 Å². The molecule has 0 spiro atoms. The monoisotopic (exact) mass is 2080 g/mol. The molecular weight excluding hydrogens is 1920 g/mol. The third-order valence-corrected chi connectivity index (χ3v) is 24.1. The van der Waals surface area contributed by atoms with Gasteiger partial charge in [-0.1, -0.05) is 130 Å². The zero-order valence-electron chi connectivity index (χ0n) is 90.3. The minimum absolute atomic E-state index is 0.0621. The Balaban J connectivity index is 0.000000366. The number of aliphatic hydroxyl groups excluding tert-OH is 4. The number of carbonyl (C=O) groups is 10. The minimum Gasteiger partial charge on any atom is -0.457 e. The summed E-state index contributed by atoms with van der Waals surface area (Å²) in [7, 11) is 0. The van der Waals surface area contributed by atoms with Crippen LogP contribution in [0.2, 0.25) is 0 Å². The van der Waals surface area contributed by atoms with E-state index in [9.17, 15) is 63.3 Å². The second kappa shape index (κ2) is 62.7. The van der Waals surface area contributed by atoms with Gasteiger partial charge in [0.15, 0.2) is 0 Å². The first-order chi connectivity index (χ1) is 69.3. The van der Waals surface area contributed by atoms with Crippen LogP contribution in [0.5, 0.6) is 0 Å². The maximum absolute atomic E-state index is 12.9. The molecule has 0 saturated carbocycles. The topological polar surface area (TPSA) is 636 Å². The molecule has 6 amide bonds. The highest BCUT2D eigenvalue weighted by molar-refractivity contribution is 5.81. The van der Waals surface area contributed by atoms with Gasteiger partial charge in [-0.15, -0.1) is 0 Å². The van der Waals surface area contributed by atoms with Crippen molar-refractivity contribution in [3.63, 3.8) is 0 Å². The number of carbonyl (C=O) groups excluding carboxylic acids is 10. The standard InChI is InChI=1S/2C21H28N4O6.C13H19NO2.C12H22N4O2.C12H24N2O2.2C11H20N4O3/c2*1-14(26)29-18(15-8-6-5-7-9-15)19(27)30-17-13-25(20(28)31-21(2,3)4)11-10-16(17)12-23-24-22;15-10-12-6-7-14(9-13(12)16)8-11-4-2-1-3-5-11;1-9-8-16(11(17)18-12(2,3)4)6-5-10(9)7-14-15-13;1-9-8-14(6-5-10(9)7-13)11(15)16-12(2,3)4;2*1-11(2,3)18-10(17)15-5-4-8(6-13-14-12)9(16)7-15/h2*5-9,16-18H,10-13H2,1-4H3;1-5,12-13,15-16H,6-10H2;9-10H,5-8H2,1-4H3;9-10H,5-8,13H2,1-4H3;2*8-9,16H,4-7H2,1-3H3/t16-,17+,18+;16-,17+,18-;12-,13+;2*9-,10+;2*8-,9+/m0110011/s1. The molecule has 10 rings (SSSR count). The summed E-state index contributed by atoms with van der Waals surface area (Å²) in [5.41, 5.74) is 46.8. The van der Waals surface area contributed by atoms with E-state index in [-0.39, 0.29) is 107 Å². The fourth-order valence-electron chi connectivity index (χ4n) is 16.4. The number of aliphatic hydroxyl groups is 4. The van der Waals surface area contributed by atoms with Crippen molar-refractivity contribution in [2.24, 2.45) is 84.6 Å². The molecule has 7 heterocycles. The summed E-state index contributed by atoms with van der Waals surface area (Å²) < 4.78 is 53.7. The Morgan fingerprint density at radius 1 is 0.351 bits per heavy atom. The van der Waals surface area contributed by atoms with Crippen LogP contribution in [0.1, 0.15) is 226 Å². The molecule has 7 fully saturated rings. The van der Waals surface area contributed by atoms with Crippen LogP contribution in [-0.4, -0.2) is 317 Å². The van der Waals surface area contributed by atoms with Crippen LogP contribution in [0, 0.1) is 53.3 Å². The number of azide groups is 5. The van der Waals surface area contributed by atoms with E-state index in [1.807, 2.05) is 59.7 Å². The Hall–Kier alpha value is -12.5. The predicted octanol–water partition coefficient (Wildman–Crippen LogP) is 17.3. The number of rotatable bonds is 22. The quantitative estimate of drug-likeness (QED) is 0.0205. The van der Waals surface area contributed by atoms with Crippen molar-refractivity contribution >= 4 is 60.4 Å². The molecule has 0 radical (unpaired) electrons. The summed E-state index contributed by atoms with van der Waals surface area (Å²) >= 11 is 0. The molecule has 47 heteroatoms. The molecule has 47 nitrogen and oxygen atoms in total. The van der Waals surface area contributed by atoms with Crippen molar-refractivity contribution in [2.45, 2.75) is 280 Å². The van der Waals surface area contributed by atoms with Gasteiger partial charge in [-0.2, -0.15) is 0 Å². The van der Waals surface area contributed by atoms with Gasteiger partial charge in [0, 0.05) is 172 Å². The van der Waals surface area contributed by atoms with Gasteiger partial charge in [0.05, 0.1) is 44.5 Å². The maximum Gasteiger partial charge on any atom is 0.410 e. The van der Waals surface area contributed by atoms with E-state index in [1.54, 1.807) is 154 Å². The van der Waals surface area contributed by atoms with E-state index >= 15 is 0 Å². The SMILES string of the molecule is CC(=O)O[C@@H](C(=O)O[C@@H]1CN(C(=O)OC(C)(C)C)CC[C@H]1CN=[N+]=[N-])c1ccccc1.CC(=O)O[C@@H](C(=O)O[C@H]1CN(C(=O)OC(C)(C)C)CC[C@@H]1CN=[N+]=[N-])c1ccccc1.CC(C)(C)OC(=O)N1CC[C@H](CN=[N+]=[N-])[C@@H](O)C1.CC(C)(C)OC(=O)N1CC[C@H](CN=[N+]=[N-])[C@@H](O)C1.C[C@H]1CN(C(=O)OC(C)(C)C)CC[C@@H]1CN.C[C@H]1CN(C(=O)OC(C)(C)C)CC[C@@H]1CN=[N+]=[N-].OC[C@H]1CCN(Cc2ccccc2)C[C@@H]1O. The van der Waals surface area contributed by atoms with Gasteiger partial charge in [0.25, 0.3) is 0 Å². The van der Waals surface area contributed by atoms with Crippen LogP contribution < -0.4 is 5.73 Å². The number of esters is 4. The first kappa shape index (κ1) is 128. The zero-order valence-corrected chi connectivity index (χ0v) is 90.3. The number of likely N-dealkylation sites (tertiary alicyclic amines) is 7. The smallest absolute Gasteiger partial charge is 0.410 e. The second-order valence-electron chi connectivity index (χ2n) is 43.5. The van der Waals surface area contributed by atoms with E-state index in [0.717, 1.165) is 45.4 Å².